The summed E-state index contributed by atoms with van der Waals surface area (Å²) in [4.78, 5) is 10.5. The third kappa shape index (κ3) is 4.90. The number of thiazole rings is 1. The molecular formula is C18H26Cl2N6S. The number of rotatable bonds is 5. The third-order valence-electron chi connectivity index (χ3n) is 4.70. The maximum Gasteiger partial charge on any atom is 0.160 e. The van der Waals surface area contributed by atoms with E-state index in [4.69, 9.17) is 5.10 Å². The molecule has 1 aliphatic heterocycles. The van der Waals surface area contributed by atoms with Gasteiger partial charge >= 0.3 is 0 Å². The van der Waals surface area contributed by atoms with Gasteiger partial charge in [-0.05, 0) is 39.3 Å². The molecule has 1 aliphatic rings. The van der Waals surface area contributed by atoms with Crippen molar-refractivity contribution in [2.24, 2.45) is 0 Å². The van der Waals surface area contributed by atoms with Crippen molar-refractivity contribution in [2.75, 3.05) is 6.54 Å². The minimum absolute atomic E-state index is 0. The van der Waals surface area contributed by atoms with Gasteiger partial charge in [-0.15, -0.1) is 36.2 Å². The molecule has 0 amide bonds. The molecule has 0 fully saturated rings. The molecule has 0 aliphatic carbocycles. The quantitative estimate of drug-likeness (QED) is 0.671. The van der Waals surface area contributed by atoms with Crippen LogP contribution in [0, 0.1) is 13.8 Å². The molecule has 6 nitrogen and oxygen atoms in total. The van der Waals surface area contributed by atoms with Gasteiger partial charge in [0, 0.05) is 43.3 Å². The van der Waals surface area contributed by atoms with Gasteiger partial charge in [-0.1, -0.05) is 0 Å². The summed E-state index contributed by atoms with van der Waals surface area (Å²) in [6, 6.07) is 2.17. The lowest BCUT2D eigenvalue weighted by Crippen LogP contribution is -2.11. The summed E-state index contributed by atoms with van der Waals surface area (Å²) in [6.45, 7) is 8.09. The van der Waals surface area contributed by atoms with Crippen LogP contribution in [0.1, 0.15) is 34.1 Å². The first-order valence-electron chi connectivity index (χ1n) is 8.92. The molecule has 9 heteroatoms. The third-order valence-corrected chi connectivity index (χ3v) is 5.83. The molecule has 148 valence electrons. The number of aromatic nitrogens is 5. The number of aryl methyl sites for hydroxylation is 5. The van der Waals surface area contributed by atoms with Crippen LogP contribution in [0.15, 0.2) is 18.5 Å². The summed E-state index contributed by atoms with van der Waals surface area (Å²) in [5.74, 6) is 0.965. The predicted molar refractivity (Wildman–Crippen MR) is 114 cm³/mol. The van der Waals surface area contributed by atoms with Crippen molar-refractivity contribution in [2.45, 2.75) is 52.7 Å². The SMILES string of the molecule is Cc1nc(CCCn2ccnc2-c2cc3n(n2)CCCNC3)sc1C.Cl.Cl. The van der Waals surface area contributed by atoms with Crippen LogP contribution < -0.4 is 5.32 Å². The summed E-state index contributed by atoms with van der Waals surface area (Å²) in [5, 5.41) is 9.45. The Labute approximate surface area is 176 Å². The van der Waals surface area contributed by atoms with Crippen LogP contribution in [0.25, 0.3) is 11.5 Å². The lowest BCUT2D eigenvalue weighted by molar-refractivity contribution is 0.586. The van der Waals surface area contributed by atoms with Crippen LogP contribution in [-0.2, 0) is 26.1 Å². The van der Waals surface area contributed by atoms with Gasteiger partial charge in [-0.25, -0.2) is 9.97 Å². The fourth-order valence-electron chi connectivity index (χ4n) is 3.24. The van der Waals surface area contributed by atoms with Gasteiger partial charge in [-0.3, -0.25) is 4.68 Å². The number of hydrogen-bond donors (Lipinski definition) is 1. The highest BCUT2D eigenvalue weighted by Gasteiger charge is 2.15. The van der Waals surface area contributed by atoms with Crippen molar-refractivity contribution in [3.05, 3.63) is 39.7 Å². The van der Waals surface area contributed by atoms with E-state index in [0.717, 1.165) is 62.7 Å². The molecule has 4 rings (SSSR count). The minimum Gasteiger partial charge on any atom is -0.330 e. The molecule has 4 heterocycles. The molecule has 0 radical (unpaired) electrons. The van der Waals surface area contributed by atoms with Crippen molar-refractivity contribution in [1.29, 1.82) is 0 Å². The van der Waals surface area contributed by atoms with Crippen molar-refractivity contribution in [3.63, 3.8) is 0 Å². The molecule has 0 unspecified atom stereocenters. The minimum atomic E-state index is 0. The van der Waals surface area contributed by atoms with Gasteiger partial charge in [0.25, 0.3) is 0 Å². The van der Waals surface area contributed by atoms with Gasteiger partial charge < -0.3 is 9.88 Å². The molecule has 1 N–H and O–H groups in total. The van der Waals surface area contributed by atoms with E-state index in [-0.39, 0.29) is 24.8 Å². The van der Waals surface area contributed by atoms with Crippen LogP contribution in [0.5, 0.6) is 0 Å². The van der Waals surface area contributed by atoms with Crippen LogP contribution >= 0.6 is 36.2 Å². The zero-order valence-corrected chi connectivity index (χ0v) is 18.1. The number of imidazole rings is 1. The largest absolute Gasteiger partial charge is 0.330 e. The number of nitrogens with zero attached hydrogens (tertiary/aromatic N) is 5. The summed E-state index contributed by atoms with van der Waals surface area (Å²) in [6.07, 6.45) is 7.12. The van der Waals surface area contributed by atoms with Gasteiger partial charge in [0.15, 0.2) is 5.82 Å². The maximum absolute atomic E-state index is 4.78. The van der Waals surface area contributed by atoms with Crippen LogP contribution in [-0.4, -0.2) is 30.9 Å². The Hall–Kier alpha value is -1.41. The number of nitrogens with one attached hydrogen (secondary N) is 1. The van der Waals surface area contributed by atoms with E-state index in [1.807, 2.05) is 17.5 Å². The Morgan fingerprint density at radius 1 is 1.26 bits per heavy atom. The molecule has 0 bridgehead atoms. The number of hydrogen-bond acceptors (Lipinski definition) is 5. The molecule has 0 atom stereocenters. The van der Waals surface area contributed by atoms with E-state index in [0.29, 0.717) is 0 Å². The molecule has 0 spiro atoms. The molecular weight excluding hydrogens is 403 g/mol. The first kappa shape index (κ1) is 21.9. The van der Waals surface area contributed by atoms with Gasteiger partial charge in [-0.2, -0.15) is 5.10 Å². The van der Waals surface area contributed by atoms with Gasteiger partial charge in [0.2, 0.25) is 0 Å². The first-order valence-corrected chi connectivity index (χ1v) is 9.74. The summed E-state index contributed by atoms with van der Waals surface area (Å²) < 4.78 is 4.33. The average molecular weight is 429 g/mol. The van der Waals surface area contributed by atoms with Gasteiger partial charge in [0.1, 0.15) is 5.69 Å². The van der Waals surface area contributed by atoms with Crippen molar-refractivity contribution < 1.29 is 0 Å². The second kappa shape index (κ2) is 9.68. The van der Waals surface area contributed by atoms with Crippen LogP contribution in [0.3, 0.4) is 0 Å². The highest BCUT2D eigenvalue weighted by molar-refractivity contribution is 7.11. The predicted octanol–water partition coefficient (Wildman–Crippen LogP) is 3.79. The number of fused-ring (bicyclic) bond motifs is 1. The zero-order chi connectivity index (χ0) is 17.2. The van der Waals surface area contributed by atoms with E-state index < -0.39 is 0 Å². The Bertz CT molecular complexity index is 826. The second-order valence-corrected chi connectivity index (χ2v) is 7.86. The molecule has 27 heavy (non-hydrogen) atoms. The summed E-state index contributed by atoms with van der Waals surface area (Å²) in [7, 11) is 0. The Kier molecular flexibility index (Phi) is 7.85. The van der Waals surface area contributed by atoms with Crippen molar-refractivity contribution in [1.82, 2.24) is 29.6 Å². The monoisotopic (exact) mass is 428 g/mol. The zero-order valence-electron chi connectivity index (χ0n) is 15.6. The normalized spacial score (nSPS) is 13.4. The van der Waals surface area contributed by atoms with Crippen molar-refractivity contribution in [3.8, 4) is 11.5 Å². The fourth-order valence-corrected chi connectivity index (χ4v) is 4.22. The highest BCUT2D eigenvalue weighted by Crippen LogP contribution is 2.21. The second-order valence-electron chi connectivity index (χ2n) is 6.57. The Morgan fingerprint density at radius 3 is 2.89 bits per heavy atom. The Morgan fingerprint density at radius 2 is 2.11 bits per heavy atom. The van der Waals surface area contributed by atoms with E-state index in [1.165, 1.54) is 15.6 Å². The topological polar surface area (TPSA) is 60.6 Å². The van der Waals surface area contributed by atoms with E-state index >= 15 is 0 Å². The Balaban J connectivity index is 0.00000131. The maximum atomic E-state index is 4.78. The molecule has 0 aromatic carbocycles. The summed E-state index contributed by atoms with van der Waals surface area (Å²) in [5.41, 5.74) is 3.39. The van der Waals surface area contributed by atoms with Crippen LogP contribution in [0.2, 0.25) is 0 Å². The van der Waals surface area contributed by atoms with E-state index in [9.17, 15) is 0 Å². The lowest BCUT2D eigenvalue weighted by Gasteiger charge is -2.05. The molecule has 3 aromatic rings. The smallest absolute Gasteiger partial charge is 0.160 e. The van der Waals surface area contributed by atoms with E-state index in [1.54, 1.807) is 0 Å². The molecule has 3 aromatic heterocycles. The standard InChI is InChI=1S/C18H24N6S.2ClH/c1-13-14(2)25-17(21-13)5-3-8-23-10-7-20-18(23)16-11-15-12-19-6-4-9-24(15)22-16;;/h7,10-11,19H,3-6,8-9,12H2,1-2H3;2*1H. The summed E-state index contributed by atoms with van der Waals surface area (Å²) >= 11 is 1.81. The first-order chi connectivity index (χ1) is 12.2. The fraction of sp³-hybridized carbons (Fsp3) is 0.500. The number of halogens is 2. The van der Waals surface area contributed by atoms with E-state index in [2.05, 4.69) is 50.6 Å². The molecule has 0 saturated heterocycles. The van der Waals surface area contributed by atoms with Crippen molar-refractivity contribution >= 4 is 36.2 Å². The van der Waals surface area contributed by atoms with Gasteiger partial charge in [0.05, 0.1) is 16.4 Å². The average Bonchev–Trinajstić information content (AvgIpc) is 3.25. The van der Waals surface area contributed by atoms with Crippen LogP contribution in [0.4, 0.5) is 0 Å². The lowest BCUT2D eigenvalue weighted by atomic mass is 10.3. The highest BCUT2D eigenvalue weighted by atomic mass is 35.5. The molecule has 0 saturated carbocycles.